The van der Waals surface area contributed by atoms with Gasteiger partial charge in [0.2, 0.25) is 0 Å². The molecular weight excluding hydrogens is 182 g/mol. The number of hydrogen-bond donors (Lipinski definition) is 1. The van der Waals surface area contributed by atoms with Crippen molar-refractivity contribution in [1.82, 2.24) is 5.32 Å². The zero-order valence-electron chi connectivity index (χ0n) is 10.0. The Labute approximate surface area is 92.9 Å². The molecule has 2 rings (SSSR count). The fraction of sp³-hybridized carbons (Fsp3) is 0.571. The topological polar surface area (TPSA) is 12.0 Å². The zero-order chi connectivity index (χ0) is 10.8. The first-order valence-corrected chi connectivity index (χ1v) is 5.97. The van der Waals surface area contributed by atoms with Crippen molar-refractivity contribution in [2.75, 3.05) is 13.1 Å². The summed E-state index contributed by atoms with van der Waals surface area (Å²) in [4.78, 5) is 0. The van der Waals surface area contributed by atoms with E-state index in [9.17, 15) is 0 Å². The van der Waals surface area contributed by atoms with Crippen molar-refractivity contribution in [1.29, 1.82) is 0 Å². The summed E-state index contributed by atoms with van der Waals surface area (Å²) in [6, 6.07) is 6.66. The normalized spacial score (nSPS) is 26.6. The van der Waals surface area contributed by atoms with Crippen molar-refractivity contribution in [3.8, 4) is 0 Å². The van der Waals surface area contributed by atoms with Crippen LogP contribution in [0.2, 0.25) is 0 Å². The van der Waals surface area contributed by atoms with Crippen molar-refractivity contribution in [2.24, 2.45) is 5.92 Å². The molecule has 0 saturated carbocycles. The molecule has 1 heterocycles. The summed E-state index contributed by atoms with van der Waals surface area (Å²) >= 11 is 0. The predicted octanol–water partition coefficient (Wildman–Crippen LogP) is 3.02. The number of benzene rings is 1. The van der Waals surface area contributed by atoms with Crippen molar-refractivity contribution >= 4 is 0 Å². The van der Waals surface area contributed by atoms with E-state index >= 15 is 0 Å². The van der Waals surface area contributed by atoms with Crippen LogP contribution in [0.4, 0.5) is 0 Å². The molecule has 1 aromatic carbocycles. The lowest BCUT2D eigenvalue weighted by atomic mass is 9.79. The second-order valence-corrected chi connectivity index (χ2v) is 4.88. The summed E-state index contributed by atoms with van der Waals surface area (Å²) in [6.45, 7) is 9.19. The summed E-state index contributed by atoms with van der Waals surface area (Å²) < 4.78 is 0. The number of piperidine rings is 1. The lowest BCUT2D eigenvalue weighted by Crippen LogP contribution is -2.34. The van der Waals surface area contributed by atoms with Crippen LogP contribution in [-0.2, 0) is 0 Å². The van der Waals surface area contributed by atoms with Crippen LogP contribution in [0, 0.1) is 19.8 Å². The highest BCUT2D eigenvalue weighted by molar-refractivity contribution is 5.37. The molecule has 1 nitrogen and oxygen atoms in total. The third-order valence-electron chi connectivity index (χ3n) is 3.70. The van der Waals surface area contributed by atoms with Gasteiger partial charge >= 0.3 is 0 Å². The summed E-state index contributed by atoms with van der Waals surface area (Å²) in [5.41, 5.74) is 4.54. The summed E-state index contributed by atoms with van der Waals surface area (Å²) in [7, 11) is 0. The molecule has 0 amide bonds. The number of nitrogens with one attached hydrogen (secondary N) is 1. The van der Waals surface area contributed by atoms with Crippen LogP contribution in [0.15, 0.2) is 18.2 Å². The van der Waals surface area contributed by atoms with Gasteiger partial charge in [-0.2, -0.15) is 0 Å². The SMILES string of the molecule is Cc1cccc(C)c1C1CCNCC1C. The molecule has 0 aromatic heterocycles. The van der Waals surface area contributed by atoms with E-state index in [2.05, 4.69) is 44.3 Å². The Kier molecular flexibility index (Phi) is 3.11. The van der Waals surface area contributed by atoms with Crippen molar-refractivity contribution in [2.45, 2.75) is 33.1 Å². The van der Waals surface area contributed by atoms with Gasteiger partial charge in [-0.15, -0.1) is 0 Å². The molecule has 1 heteroatoms. The van der Waals surface area contributed by atoms with Crippen LogP contribution in [0.3, 0.4) is 0 Å². The maximum absolute atomic E-state index is 3.47. The van der Waals surface area contributed by atoms with Crippen LogP contribution in [-0.4, -0.2) is 13.1 Å². The highest BCUT2D eigenvalue weighted by Gasteiger charge is 2.24. The monoisotopic (exact) mass is 203 g/mol. The fourth-order valence-corrected chi connectivity index (χ4v) is 2.86. The Morgan fingerprint density at radius 1 is 1.20 bits per heavy atom. The lowest BCUT2D eigenvalue weighted by molar-refractivity contribution is 0.348. The third-order valence-corrected chi connectivity index (χ3v) is 3.70. The number of hydrogen-bond acceptors (Lipinski definition) is 1. The van der Waals surface area contributed by atoms with Crippen LogP contribution >= 0.6 is 0 Å². The van der Waals surface area contributed by atoms with Gasteiger partial charge in [0.1, 0.15) is 0 Å². The highest BCUT2D eigenvalue weighted by atomic mass is 14.9. The molecule has 1 aliphatic rings. The first-order chi connectivity index (χ1) is 7.20. The van der Waals surface area contributed by atoms with Crippen LogP contribution in [0.5, 0.6) is 0 Å². The Bertz CT molecular complexity index is 323. The fourth-order valence-electron chi connectivity index (χ4n) is 2.86. The maximum atomic E-state index is 3.47. The smallest absolute Gasteiger partial charge is 0.00173 e. The van der Waals surface area contributed by atoms with Gasteiger partial charge in [0.25, 0.3) is 0 Å². The van der Waals surface area contributed by atoms with Gasteiger partial charge in [0.15, 0.2) is 0 Å². The summed E-state index contributed by atoms with van der Waals surface area (Å²) in [5, 5.41) is 3.47. The summed E-state index contributed by atoms with van der Waals surface area (Å²) in [5.74, 6) is 1.52. The van der Waals surface area contributed by atoms with Crippen molar-refractivity contribution in [3.63, 3.8) is 0 Å². The molecule has 0 radical (unpaired) electrons. The Hall–Kier alpha value is -0.820. The van der Waals surface area contributed by atoms with Crippen LogP contribution < -0.4 is 5.32 Å². The average molecular weight is 203 g/mol. The van der Waals surface area contributed by atoms with E-state index in [4.69, 9.17) is 0 Å². The molecule has 1 saturated heterocycles. The molecule has 2 atom stereocenters. The molecule has 1 fully saturated rings. The maximum Gasteiger partial charge on any atom is -0.00173 e. The molecule has 2 unspecified atom stereocenters. The number of rotatable bonds is 1. The molecule has 82 valence electrons. The Balaban J connectivity index is 2.35. The predicted molar refractivity (Wildman–Crippen MR) is 65.3 cm³/mol. The minimum atomic E-state index is 0.757. The van der Waals surface area contributed by atoms with Gasteiger partial charge < -0.3 is 5.32 Å². The van der Waals surface area contributed by atoms with Gasteiger partial charge in [0, 0.05) is 0 Å². The molecule has 15 heavy (non-hydrogen) atoms. The van der Waals surface area contributed by atoms with Gasteiger partial charge in [-0.3, -0.25) is 0 Å². The minimum Gasteiger partial charge on any atom is -0.316 e. The van der Waals surface area contributed by atoms with Crippen molar-refractivity contribution in [3.05, 3.63) is 34.9 Å². The number of aryl methyl sites for hydroxylation is 2. The second-order valence-electron chi connectivity index (χ2n) is 4.88. The summed E-state index contributed by atoms with van der Waals surface area (Å²) in [6.07, 6.45) is 1.28. The van der Waals surface area contributed by atoms with E-state index in [1.54, 1.807) is 5.56 Å². The standard InChI is InChI=1S/C14H21N/c1-10-5-4-6-11(2)14(10)13-7-8-15-9-12(13)3/h4-6,12-13,15H,7-9H2,1-3H3. The van der Waals surface area contributed by atoms with Gasteiger partial charge in [-0.05, 0) is 61.9 Å². The van der Waals surface area contributed by atoms with E-state index in [-0.39, 0.29) is 0 Å². The quantitative estimate of drug-likeness (QED) is 0.740. The zero-order valence-corrected chi connectivity index (χ0v) is 10.0. The van der Waals surface area contributed by atoms with E-state index in [1.165, 1.54) is 30.6 Å². The average Bonchev–Trinajstić information content (AvgIpc) is 2.20. The Morgan fingerprint density at radius 3 is 2.47 bits per heavy atom. The molecule has 0 bridgehead atoms. The van der Waals surface area contributed by atoms with Crippen LogP contribution in [0.1, 0.15) is 36.0 Å². The van der Waals surface area contributed by atoms with Crippen LogP contribution in [0.25, 0.3) is 0 Å². The third kappa shape index (κ3) is 2.07. The molecule has 0 aliphatic carbocycles. The van der Waals surface area contributed by atoms with E-state index < -0.39 is 0 Å². The Morgan fingerprint density at radius 2 is 1.87 bits per heavy atom. The van der Waals surface area contributed by atoms with Crippen molar-refractivity contribution < 1.29 is 0 Å². The van der Waals surface area contributed by atoms with Gasteiger partial charge in [-0.1, -0.05) is 25.1 Å². The van der Waals surface area contributed by atoms with E-state index in [1.807, 2.05) is 0 Å². The second kappa shape index (κ2) is 4.36. The lowest BCUT2D eigenvalue weighted by Gasteiger charge is -2.32. The molecule has 0 spiro atoms. The van der Waals surface area contributed by atoms with Gasteiger partial charge in [0.05, 0.1) is 0 Å². The molecular formula is C14H21N. The molecule has 1 aromatic rings. The largest absolute Gasteiger partial charge is 0.316 e. The van der Waals surface area contributed by atoms with Gasteiger partial charge in [-0.25, -0.2) is 0 Å². The van der Waals surface area contributed by atoms with E-state index in [0.717, 1.165) is 11.8 Å². The first-order valence-electron chi connectivity index (χ1n) is 5.97. The molecule has 1 N–H and O–H groups in total. The molecule has 1 aliphatic heterocycles. The minimum absolute atomic E-state index is 0.757. The first kappa shape index (κ1) is 10.7. The van der Waals surface area contributed by atoms with E-state index in [0.29, 0.717) is 0 Å². The highest BCUT2D eigenvalue weighted by Crippen LogP contribution is 2.33.